The minimum Gasteiger partial charge on any atom is -0.346 e. The van der Waals surface area contributed by atoms with E-state index >= 15 is 0 Å². The van der Waals surface area contributed by atoms with Crippen molar-refractivity contribution in [2.75, 3.05) is 6.54 Å². The van der Waals surface area contributed by atoms with Gasteiger partial charge in [-0.05, 0) is 28.8 Å². The Labute approximate surface area is 178 Å². The first-order valence-corrected chi connectivity index (χ1v) is 9.88. The predicted molar refractivity (Wildman–Crippen MR) is 118 cm³/mol. The van der Waals surface area contributed by atoms with Crippen LogP contribution in [0.4, 0.5) is 0 Å². The summed E-state index contributed by atoms with van der Waals surface area (Å²) in [7, 11) is 0. The Balaban J connectivity index is 1.60. The van der Waals surface area contributed by atoms with Crippen molar-refractivity contribution in [2.45, 2.75) is 5.92 Å². The van der Waals surface area contributed by atoms with Crippen LogP contribution < -0.4 is 10.7 Å². The Bertz CT molecular complexity index is 952. The molecule has 3 rings (SSSR count). The van der Waals surface area contributed by atoms with Crippen LogP contribution in [0.3, 0.4) is 0 Å². The number of nitrogens with one attached hydrogen (secondary N) is 2. The fourth-order valence-corrected chi connectivity index (χ4v) is 3.28. The Hall–Kier alpha value is -3.25. The summed E-state index contributed by atoms with van der Waals surface area (Å²) < 4.78 is 0.924. The van der Waals surface area contributed by atoms with Crippen LogP contribution in [-0.2, 0) is 9.59 Å². The molecule has 2 N–H and O–H groups in total. The maximum absolute atomic E-state index is 12.8. The van der Waals surface area contributed by atoms with Gasteiger partial charge in [-0.1, -0.05) is 88.7 Å². The highest BCUT2D eigenvalue weighted by Gasteiger charge is 2.22. The minimum atomic E-state index is -0.490. The molecule has 3 aromatic carbocycles. The molecular formula is C23H20BrN3O2. The third-order valence-corrected chi connectivity index (χ3v) is 4.70. The van der Waals surface area contributed by atoms with Gasteiger partial charge in [-0.15, -0.1) is 0 Å². The fraction of sp³-hybridized carbons (Fsp3) is 0.0870. The molecule has 146 valence electrons. The minimum absolute atomic E-state index is 0.162. The van der Waals surface area contributed by atoms with Gasteiger partial charge in [0.2, 0.25) is 5.91 Å². The molecule has 6 heteroatoms. The number of carbonyl (C=O) groups is 2. The predicted octanol–water partition coefficient (Wildman–Crippen LogP) is 3.85. The molecule has 0 aliphatic carbocycles. The molecule has 0 saturated carbocycles. The monoisotopic (exact) mass is 449 g/mol. The lowest BCUT2D eigenvalue weighted by Gasteiger charge is -2.17. The van der Waals surface area contributed by atoms with Crippen molar-refractivity contribution >= 4 is 34.0 Å². The van der Waals surface area contributed by atoms with Crippen molar-refractivity contribution in [3.05, 3.63) is 106 Å². The highest BCUT2D eigenvalue weighted by molar-refractivity contribution is 9.10. The first-order chi connectivity index (χ1) is 14.1. The molecule has 0 heterocycles. The largest absolute Gasteiger partial charge is 0.346 e. The topological polar surface area (TPSA) is 70.6 Å². The average Bonchev–Trinajstić information content (AvgIpc) is 2.74. The van der Waals surface area contributed by atoms with Crippen LogP contribution in [0.25, 0.3) is 0 Å². The molecule has 5 nitrogen and oxygen atoms in total. The van der Waals surface area contributed by atoms with E-state index in [9.17, 15) is 9.59 Å². The summed E-state index contributed by atoms with van der Waals surface area (Å²) >= 11 is 3.38. The molecule has 0 bridgehead atoms. The molecule has 0 saturated heterocycles. The summed E-state index contributed by atoms with van der Waals surface area (Å²) in [5.41, 5.74) is 5.00. The van der Waals surface area contributed by atoms with E-state index in [1.807, 2.05) is 84.9 Å². The van der Waals surface area contributed by atoms with Crippen LogP contribution in [-0.4, -0.2) is 24.6 Å². The number of carbonyl (C=O) groups excluding carboxylic acids is 2. The third-order valence-electron chi connectivity index (χ3n) is 4.20. The normalized spacial score (nSPS) is 10.8. The van der Waals surface area contributed by atoms with Crippen molar-refractivity contribution in [1.29, 1.82) is 0 Å². The van der Waals surface area contributed by atoms with Gasteiger partial charge in [0, 0.05) is 4.47 Å². The van der Waals surface area contributed by atoms with Crippen LogP contribution >= 0.6 is 15.9 Å². The molecule has 0 radical (unpaired) electrons. The molecule has 0 atom stereocenters. The molecule has 0 aliphatic rings. The lowest BCUT2D eigenvalue weighted by molar-refractivity contribution is -0.126. The number of hydrazone groups is 1. The first-order valence-electron chi connectivity index (χ1n) is 9.08. The summed E-state index contributed by atoms with van der Waals surface area (Å²) in [5, 5.41) is 6.63. The van der Waals surface area contributed by atoms with Crippen LogP contribution in [0.2, 0.25) is 0 Å². The van der Waals surface area contributed by atoms with Crippen LogP contribution in [0.1, 0.15) is 22.6 Å². The summed E-state index contributed by atoms with van der Waals surface area (Å²) in [6.45, 7) is -0.162. The van der Waals surface area contributed by atoms with Gasteiger partial charge in [0.05, 0.1) is 18.7 Å². The van der Waals surface area contributed by atoms with Gasteiger partial charge in [-0.2, -0.15) is 5.10 Å². The molecule has 2 amide bonds. The summed E-state index contributed by atoms with van der Waals surface area (Å²) in [6, 6.07) is 26.5. The Morgan fingerprint density at radius 1 is 0.897 bits per heavy atom. The number of amides is 2. The SMILES string of the molecule is O=C(CNC(=O)C(c1ccccc1)c1ccccc1)N/N=C\c1cccc(Br)c1. The van der Waals surface area contributed by atoms with E-state index in [4.69, 9.17) is 0 Å². The average molecular weight is 450 g/mol. The number of halogens is 1. The molecule has 0 unspecified atom stereocenters. The van der Waals surface area contributed by atoms with E-state index in [0.29, 0.717) is 0 Å². The second kappa shape index (κ2) is 10.3. The smallest absolute Gasteiger partial charge is 0.259 e. The van der Waals surface area contributed by atoms with Crippen LogP contribution in [0.15, 0.2) is 94.5 Å². The number of nitrogens with zero attached hydrogens (tertiary/aromatic N) is 1. The Kier molecular flexibility index (Phi) is 7.30. The molecular weight excluding hydrogens is 430 g/mol. The summed E-state index contributed by atoms with van der Waals surface area (Å²) in [4.78, 5) is 24.9. The summed E-state index contributed by atoms with van der Waals surface area (Å²) in [5.74, 6) is -1.13. The molecule has 0 spiro atoms. The molecule has 0 aromatic heterocycles. The van der Waals surface area contributed by atoms with Crippen molar-refractivity contribution in [1.82, 2.24) is 10.7 Å². The number of hydrogen-bond acceptors (Lipinski definition) is 3. The maximum Gasteiger partial charge on any atom is 0.259 e. The molecule has 29 heavy (non-hydrogen) atoms. The standard InChI is InChI=1S/C23H20BrN3O2/c24-20-13-7-8-17(14-20)15-26-27-21(28)16-25-23(29)22(18-9-3-1-4-10-18)19-11-5-2-6-12-19/h1-15,22H,16H2,(H,25,29)(H,27,28)/b26-15-. The molecule has 3 aromatic rings. The van der Waals surface area contributed by atoms with Crippen LogP contribution in [0, 0.1) is 0 Å². The van der Waals surface area contributed by atoms with Gasteiger partial charge in [0.25, 0.3) is 5.91 Å². The van der Waals surface area contributed by atoms with Gasteiger partial charge in [-0.3, -0.25) is 9.59 Å². The lowest BCUT2D eigenvalue weighted by atomic mass is 9.90. The van der Waals surface area contributed by atoms with Crippen molar-refractivity contribution < 1.29 is 9.59 Å². The van der Waals surface area contributed by atoms with E-state index in [1.54, 1.807) is 6.21 Å². The van der Waals surface area contributed by atoms with Crippen molar-refractivity contribution in [3.63, 3.8) is 0 Å². The number of hydrogen-bond donors (Lipinski definition) is 2. The number of rotatable bonds is 7. The summed E-state index contributed by atoms with van der Waals surface area (Å²) in [6.07, 6.45) is 1.54. The van der Waals surface area contributed by atoms with Gasteiger partial charge in [0.1, 0.15) is 0 Å². The van der Waals surface area contributed by atoms with E-state index in [2.05, 4.69) is 31.8 Å². The molecule has 0 aliphatic heterocycles. The van der Waals surface area contributed by atoms with E-state index in [-0.39, 0.29) is 12.5 Å². The fourth-order valence-electron chi connectivity index (χ4n) is 2.86. The van der Waals surface area contributed by atoms with E-state index < -0.39 is 11.8 Å². The lowest BCUT2D eigenvalue weighted by Crippen LogP contribution is -2.37. The second-order valence-electron chi connectivity index (χ2n) is 6.32. The highest BCUT2D eigenvalue weighted by atomic mass is 79.9. The van der Waals surface area contributed by atoms with Crippen LogP contribution in [0.5, 0.6) is 0 Å². The van der Waals surface area contributed by atoms with Gasteiger partial charge >= 0.3 is 0 Å². The van der Waals surface area contributed by atoms with E-state index in [1.165, 1.54) is 0 Å². The second-order valence-corrected chi connectivity index (χ2v) is 7.24. The molecule has 0 fully saturated rings. The maximum atomic E-state index is 12.8. The number of benzene rings is 3. The van der Waals surface area contributed by atoms with Gasteiger partial charge < -0.3 is 5.32 Å². The zero-order valence-electron chi connectivity index (χ0n) is 15.6. The van der Waals surface area contributed by atoms with Gasteiger partial charge in [0.15, 0.2) is 0 Å². The third kappa shape index (κ3) is 6.12. The van der Waals surface area contributed by atoms with Gasteiger partial charge in [-0.25, -0.2) is 5.43 Å². The Morgan fingerprint density at radius 3 is 2.10 bits per heavy atom. The van der Waals surface area contributed by atoms with Crippen molar-refractivity contribution in [3.8, 4) is 0 Å². The highest BCUT2D eigenvalue weighted by Crippen LogP contribution is 2.24. The van der Waals surface area contributed by atoms with Crippen molar-refractivity contribution in [2.24, 2.45) is 5.10 Å². The first kappa shape index (κ1) is 20.5. The zero-order valence-corrected chi connectivity index (χ0v) is 17.2. The quantitative estimate of drug-likeness (QED) is 0.424. The van der Waals surface area contributed by atoms with E-state index in [0.717, 1.165) is 21.2 Å². The zero-order chi connectivity index (χ0) is 20.5. The Morgan fingerprint density at radius 2 is 1.52 bits per heavy atom.